The number of nitrogens with one attached hydrogen (secondary N) is 2. The molecule has 0 atom stereocenters. The first-order valence-corrected chi connectivity index (χ1v) is 6.13. The topological polar surface area (TPSA) is 117 Å². The van der Waals surface area contributed by atoms with Crippen molar-refractivity contribution in [3.63, 3.8) is 0 Å². The van der Waals surface area contributed by atoms with Crippen molar-refractivity contribution in [1.29, 1.82) is 0 Å². The third-order valence-electron chi connectivity index (χ3n) is 2.70. The molecule has 1 heterocycles. The zero-order chi connectivity index (χ0) is 15.4. The SMILES string of the molecule is Cc1noc(CNC(=O)Nc2ccc(C)c(C(=O)O)c2)n1. The number of aromatic nitrogens is 2. The lowest BCUT2D eigenvalue weighted by molar-refractivity contribution is 0.0696. The van der Waals surface area contributed by atoms with Gasteiger partial charge in [0.05, 0.1) is 12.1 Å². The number of carbonyl (C=O) groups excluding carboxylic acids is 1. The minimum Gasteiger partial charge on any atom is -0.478 e. The molecule has 8 nitrogen and oxygen atoms in total. The maximum Gasteiger partial charge on any atom is 0.336 e. The summed E-state index contributed by atoms with van der Waals surface area (Å²) in [5.41, 5.74) is 1.15. The smallest absolute Gasteiger partial charge is 0.336 e. The van der Waals surface area contributed by atoms with Gasteiger partial charge in [-0.25, -0.2) is 9.59 Å². The van der Waals surface area contributed by atoms with Crippen LogP contribution in [0.4, 0.5) is 10.5 Å². The standard InChI is InChI=1S/C13H14N4O4/c1-7-3-4-9(5-10(7)12(18)19)16-13(20)14-6-11-15-8(2)17-21-11/h3-5H,6H2,1-2H3,(H,18,19)(H2,14,16,20). The largest absolute Gasteiger partial charge is 0.478 e. The van der Waals surface area contributed by atoms with E-state index in [-0.39, 0.29) is 18.0 Å². The third kappa shape index (κ3) is 3.78. The van der Waals surface area contributed by atoms with Crippen LogP contribution in [0.2, 0.25) is 0 Å². The fourth-order valence-electron chi connectivity index (χ4n) is 1.67. The number of carboxylic acid groups (broad SMARTS) is 1. The van der Waals surface area contributed by atoms with E-state index in [2.05, 4.69) is 20.8 Å². The molecule has 3 N–H and O–H groups in total. The van der Waals surface area contributed by atoms with Crippen LogP contribution in [0.3, 0.4) is 0 Å². The molecule has 0 saturated heterocycles. The van der Waals surface area contributed by atoms with Gasteiger partial charge in [0.1, 0.15) is 0 Å². The molecule has 0 radical (unpaired) electrons. The molecular formula is C13H14N4O4. The number of aryl methyl sites for hydroxylation is 2. The number of amides is 2. The van der Waals surface area contributed by atoms with Crippen LogP contribution >= 0.6 is 0 Å². The Balaban J connectivity index is 1.96. The molecule has 0 aliphatic rings. The number of anilines is 1. The Morgan fingerprint density at radius 1 is 1.33 bits per heavy atom. The van der Waals surface area contributed by atoms with Crippen molar-refractivity contribution in [2.75, 3.05) is 5.32 Å². The van der Waals surface area contributed by atoms with Crippen molar-refractivity contribution in [2.45, 2.75) is 20.4 Å². The Hall–Kier alpha value is -2.90. The molecule has 0 fully saturated rings. The molecule has 0 aliphatic heterocycles. The zero-order valence-electron chi connectivity index (χ0n) is 11.5. The first-order chi connectivity index (χ1) is 9.95. The van der Waals surface area contributed by atoms with Gasteiger partial charge in [-0.15, -0.1) is 0 Å². The average molecular weight is 290 g/mol. The van der Waals surface area contributed by atoms with Crippen LogP contribution in [0.15, 0.2) is 22.7 Å². The third-order valence-corrected chi connectivity index (χ3v) is 2.70. The van der Waals surface area contributed by atoms with E-state index in [1.54, 1.807) is 26.0 Å². The summed E-state index contributed by atoms with van der Waals surface area (Å²) in [7, 11) is 0. The summed E-state index contributed by atoms with van der Waals surface area (Å²) >= 11 is 0. The highest BCUT2D eigenvalue weighted by Gasteiger charge is 2.10. The highest BCUT2D eigenvalue weighted by molar-refractivity contribution is 5.94. The van der Waals surface area contributed by atoms with Gasteiger partial charge in [-0.05, 0) is 31.5 Å². The van der Waals surface area contributed by atoms with Gasteiger partial charge in [0.15, 0.2) is 5.82 Å². The molecule has 1 aromatic carbocycles. The second-order valence-corrected chi connectivity index (χ2v) is 4.38. The molecule has 21 heavy (non-hydrogen) atoms. The predicted octanol–water partition coefficient (Wildman–Crippen LogP) is 1.71. The summed E-state index contributed by atoms with van der Waals surface area (Å²) in [4.78, 5) is 26.7. The molecule has 1 aromatic heterocycles. The average Bonchev–Trinajstić information content (AvgIpc) is 2.84. The molecule has 8 heteroatoms. The van der Waals surface area contributed by atoms with Gasteiger partial charge in [0, 0.05) is 5.69 Å². The van der Waals surface area contributed by atoms with Crippen LogP contribution < -0.4 is 10.6 Å². The maximum absolute atomic E-state index is 11.7. The van der Waals surface area contributed by atoms with Crippen LogP contribution in [0, 0.1) is 13.8 Å². The van der Waals surface area contributed by atoms with Gasteiger partial charge in [-0.1, -0.05) is 11.2 Å². The summed E-state index contributed by atoms with van der Waals surface area (Å²) in [6.45, 7) is 3.45. The van der Waals surface area contributed by atoms with E-state index in [4.69, 9.17) is 9.63 Å². The van der Waals surface area contributed by atoms with Gasteiger partial charge in [0.25, 0.3) is 0 Å². The predicted molar refractivity (Wildman–Crippen MR) is 73.0 cm³/mol. The molecule has 0 aliphatic carbocycles. The molecule has 0 unspecified atom stereocenters. The quantitative estimate of drug-likeness (QED) is 0.789. The molecular weight excluding hydrogens is 276 g/mol. The van der Waals surface area contributed by atoms with Gasteiger partial charge >= 0.3 is 12.0 Å². The summed E-state index contributed by atoms with van der Waals surface area (Å²) in [6.07, 6.45) is 0. The number of hydrogen-bond donors (Lipinski definition) is 3. The summed E-state index contributed by atoms with van der Waals surface area (Å²) < 4.78 is 4.85. The lowest BCUT2D eigenvalue weighted by atomic mass is 10.1. The molecule has 0 saturated carbocycles. The van der Waals surface area contributed by atoms with E-state index >= 15 is 0 Å². The highest BCUT2D eigenvalue weighted by Crippen LogP contribution is 2.15. The number of aromatic carboxylic acids is 1. The van der Waals surface area contributed by atoms with E-state index in [1.165, 1.54) is 6.07 Å². The van der Waals surface area contributed by atoms with Crippen molar-refractivity contribution in [3.05, 3.63) is 41.0 Å². The Kier molecular flexibility index (Phi) is 4.17. The van der Waals surface area contributed by atoms with Gasteiger partial charge in [-0.3, -0.25) is 0 Å². The van der Waals surface area contributed by atoms with Gasteiger partial charge < -0.3 is 20.3 Å². The number of benzene rings is 1. The van der Waals surface area contributed by atoms with Gasteiger partial charge in [-0.2, -0.15) is 4.98 Å². The van der Waals surface area contributed by atoms with Crippen molar-refractivity contribution in [1.82, 2.24) is 15.5 Å². The Morgan fingerprint density at radius 3 is 2.71 bits per heavy atom. The Labute approximate surface area is 120 Å². The molecule has 110 valence electrons. The molecule has 2 rings (SSSR count). The summed E-state index contributed by atoms with van der Waals surface area (Å²) in [5, 5.41) is 17.7. The van der Waals surface area contributed by atoms with Gasteiger partial charge in [0.2, 0.25) is 5.89 Å². The fraction of sp³-hybridized carbons (Fsp3) is 0.231. The Morgan fingerprint density at radius 2 is 2.10 bits per heavy atom. The minimum atomic E-state index is -1.04. The number of rotatable bonds is 4. The van der Waals surface area contributed by atoms with Crippen LogP contribution in [0.25, 0.3) is 0 Å². The van der Waals surface area contributed by atoms with E-state index in [9.17, 15) is 9.59 Å². The second-order valence-electron chi connectivity index (χ2n) is 4.38. The molecule has 2 amide bonds. The number of hydrogen-bond acceptors (Lipinski definition) is 5. The lowest BCUT2D eigenvalue weighted by Gasteiger charge is -2.08. The number of carbonyl (C=O) groups is 2. The highest BCUT2D eigenvalue weighted by atomic mass is 16.5. The van der Waals surface area contributed by atoms with E-state index in [0.717, 1.165) is 0 Å². The maximum atomic E-state index is 11.7. The monoisotopic (exact) mass is 290 g/mol. The molecule has 0 bridgehead atoms. The fourth-order valence-corrected chi connectivity index (χ4v) is 1.67. The summed E-state index contributed by atoms with van der Waals surface area (Å²) in [6, 6.07) is 4.15. The molecule has 0 spiro atoms. The van der Waals surface area contributed by atoms with E-state index in [1.807, 2.05) is 0 Å². The minimum absolute atomic E-state index is 0.0876. The first kappa shape index (κ1) is 14.5. The van der Waals surface area contributed by atoms with E-state index < -0.39 is 12.0 Å². The summed E-state index contributed by atoms with van der Waals surface area (Å²) in [5.74, 6) is -0.271. The van der Waals surface area contributed by atoms with Crippen molar-refractivity contribution in [3.8, 4) is 0 Å². The van der Waals surface area contributed by atoms with Crippen molar-refractivity contribution >= 4 is 17.7 Å². The van der Waals surface area contributed by atoms with E-state index in [0.29, 0.717) is 17.1 Å². The molecule has 2 aromatic rings. The van der Waals surface area contributed by atoms with Crippen molar-refractivity contribution < 1.29 is 19.2 Å². The number of carboxylic acids is 1. The lowest BCUT2D eigenvalue weighted by Crippen LogP contribution is -2.28. The number of urea groups is 1. The van der Waals surface area contributed by atoms with Crippen LogP contribution in [0.1, 0.15) is 27.6 Å². The van der Waals surface area contributed by atoms with Crippen LogP contribution in [0.5, 0.6) is 0 Å². The number of nitrogens with zero attached hydrogens (tertiary/aromatic N) is 2. The first-order valence-electron chi connectivity index (χ1n) is 6.13. The van der Waals surface area contributed by atoms with Crippen LogP contribution in [-0.4, -0.2) is 27.2 Å². The van der Waals surface area contributed by atoms with Crippen LogP contribution in [-0.2, 0) is 6.54 Å². The second kappa shape index (κ2) is 6.04. The zero-order valence-corrected chi connectivity index (χ0v) is 11.5. The normalized spacial score (nSPS) is 10.2. The Bertz CT molecular complexity index is 681. The van der Waals surface area contributed by atoms with Crippen molar-refractivity contribution in [2.24, 2.45) is 0 Å².